The Hall–Kier alpha value is -0.660. The molecule has 0 bridgehead atoms. The topological polar surface area (TPSA) is 33.2 Å². The summed E-state index contributed by atoms with van der Waals surface area (Å²) in [6.07, 6.45) is 4.33. The van der Waals surface area contributed by atoms with Crippen molar-refractivity contribution in [3.63, 3.8) is 0 Å². The zero-order valence-electron chi connectivity index (χ0n) is 11.8. The van der Waals surface area contributed by atoms with Crippen LogP contribution in [0.2, 0.25) is 5.02 Å². The van der Waals surface area contributed by atoms with Crippen molar-refractivity contribution in [1.29, 1.82) is 0 Å². The first-order valence-corrected chi connectivity index (χ1v) is 9.36. The number of carbonyl (C=O) groups excluding carboxylic acids is 1. The first kappa shape index (κ1) is 16.2. The third kappa shape index (κ3) is 3.03. The zero-order valence-corrected chi connectivity index (χ0v) is 16.3. The molecule has 1 aliphatic heterocycles. The van der Waals surface area contributed by atoms with E-state index in [0.29, 0.717) is 5.02 Å². The number of benzene rings is 1. The highest BCUT2D eigenvalue weighted by atomic mass is 127. The number of amides is 1. The first-order valence-electron chi connectivity index (χ1n) is 6.82. The normalized spacial score (nSPS) is 19.0. The Bertz CT molecular complexity index is 738. The molecule has 1 aromatic carbocycles. The van der Waals surface area contributed by atoms with Crippen LogP contribution in [0.4, 0.5) is 5.69 Å². The Labute approximate surface area is 156 Å². The summed E-state index contributed by atoms with van der Waals surface area (Å²) in [5.41, 5.74) is 3.60. The van der Waals surface area contributed by atoms with Crippen molar-refractivity contribution in [2.75, 3.05) is 4.90 Å². The van der Waals surface area contributed by atoms with Gasteiger partial charge in [-0.15, -0.1) is 0 Å². The second kappa shape index (κ2) is 6.45. The summed E-state index contributed by atoms with van der Waals surface area (Å²) in [6, 6.07) is 7.46. The van der Waals surface area contributed by atoms with Crippen LogP contribution in [0.1, 0.15) is 33.2 Å². The van der Waals surface area contributed by atoms with E-state index in [1.54, 1.807) is 18.3 Å². The number of pyridine rings is 1. The maximum atomic E-state index is 12.9. The Balaban J connectivity index is 2.03. The van der Waals surface area contributed by atoms with Crippen molar-refractivity contribution in [2.24, 2.45) is 0 Å². The second-order valence-corrected chi connectivity index (χ2v) is 8.46. The number of aromatic nitrogens is 1. The molecule has 1 aromatic heterocycles. The van der Waals surface area contributed by atoms with Crippen molar-refractivity contribution in [1.82, 2.24) is 4.98 Å². The minimum atomic E-state index is -0.00140. The summed E-state index contributed by atoms with van der Waals surface area (Å²) >= 11 is 11.9. The number of hydrogen-bond donors (Lipinski definition) is 0. The van der Waals surface area contributed by atoms with Gasteiger partial charge in [-0.2, -0.15) is 0 Å². The molecule has 114 valence electrons. The molecule has 2 aromatic rings. The van der Waals surface area contributed by atoms with Gasteiger partial charge in [-0.05, 0) is 42.3 Å². The van der Waals surface area contributed by atoms with Gasteiger partial charge in [0, 0.05) is 28.0 Å². The van der Waals surface area contributed by atoms with E-state index in [4.69, 9.17) is 11.6 Å². The quantitative estimate of drug-likeness (QED) is 0.331. The molecule has 1 amide bonds. The molecule has 3 rings (SSSR count). The van der Waals surface area contributed by atoms with E-state index in [1.807, 2.05) is 30.2 Å². The summed E-state index contributed by atoms with van der Waals surface area (Å²) in [4.78, 5) is 19.1. The summed E-state index contributed by atoms with van der Waals surface area (Å²) in [5, 5.41) is 0.667. The standard InChI is InChI=1S/C16H13BrClIN2O/c1-9(17)11-5-13(8-20-7-11)21-15(19)6-10-4-12(18)2-3-14(10)16(21)22/h2-5,7-9,15H,6H2,1H3. The highest BCUT2D eigenvalue weighted by Gasteiger charge is 2.32. The van der Waals surface area contributed by atoms with Crippen LogP contribution in [-0.2, 0) is 6.42 Å². The van der Waals surface area contributed by atoms with Gasteiger partial charge in [-0.1, -0.05) is 50.1 Å². The summed E-state index contributed by atoms with van der Waals surface area (Å²) in [7, 11) is 0. The predicted molar refractivity (Wildman–Crippen MR) is 101 cm³/mol. The number of alkyl halides is 2. The van der Waals surface area contributed by atoms with Crippen molar-refractivity contribution >= 4 is 61.7 Å². The second-order valence-electron chi connectivity index (χ2n) is 5.21. The lowest BCUT2D eigenvalue weighted by Crippen LogP contribution is -2.42. The highest BCUT2D eigenvalue weighted by molar-refractivity contribution is 14.1. The molecule has 1 aliphatic rings. The molecule has 3 nitrogen and oxygen atoms in total. The molecule has 0 saturated carbocycles. The van der Waals surface area contributed by atoms with E-state index in [2.05, 4.69) is 43.5 Å². The van der Waals surface area contributed by atoms with E-state index in [0.717, 1.165) is 28.8 Å². The van der Waals surface area contributed by atoms with Crippen LogP contribution in [0.3, 0.4) is 0 Å². The smallest absolute Gasteiger partial charge is 0.259 e. The van der Waals surface area contributed by atoms with E-state index >= 15 is 0 Å². The fraction of sp³-hybridized carbons (Fsp3) is 0.250. The van der Waals surface area contributed by atoms with Crippen LogP contribution in [0.15, 0.2) is 36.7 Å². The maximum absolute atomic E-state index is 12.9. The van der Waals surface area contributed by atoms with Gasteiger partial charge in [0.25, 0.3) is 5.91 Å². The van der Waals surface area contributed by atoms with Crippen LogP contribution >= 0.6 is 50.1 Å². The first-order chi connectivity index (χ1) is 10.5. The van der Waals surface area contributed by atoms with Gasteiger partial charge in [-0.3, -0.25) is 14.7 Å². The van der Waals surface area contributed by atoms with Crippen LogP contribution in [0.5, 0.6) is 0 Å². The van der Waals surface area contributed by atoms with Crippen LogP contribution in [-0.4, -0.2) is 14.9 Å². The van der Waals surface area contributed by atoms with Crippen LogP contribution < -0.4 is 4.90 Å². The number of rotatable bonds is 2. The van der Waals surface area contributed by atoms with Crippen molar-refractivity contribution < 1.29 is 4.79 Å². The molecular formula is C16H13BrClIN2O. The average molecular weight is 492 g/mol. The largest absolute Gasteiger partial charge is 0.294 e. The van der Waals surface area contributed by atoms with E-state index in [-0.39, 0.29) is 14.8 Å². The monoisotopic (exact) mass is 490 g/mol. The molecule has 0 saturated heterocycles. The van der Waals surface area contributed by atoms with Gasteiger partial charge < -0.3 is 0 Å². The molecule has 22 heavy (non-hydrogen) atoms. The van der Waals surface area contributed by atoms with E-state index in [1.165, 1.54) is 0 Å². The number of hydrogen-bond acceptors (Lipinski definition) is 2. The van der Waals surface area contributed by atoms with Crippen LogP contribution in [0.25, 0.3) is 0 Å². The highest BCUT2D eigenvalue weighted by Crippen LogP contribution is 2.34. The fourth-order valence-corrected chi connectivity index (χ4v) is 4.04. The third-order valence-electron chi connectivity index (χ3n) is 3.67. The molecule has 0 spiro atoms. The summed E-state index contributed by atoms with van der Waals surface area (Å²) in [5.74, 6) is -0.00140. The number of halogens is 3. The number of carbonyl (C=O) groups is 1. The third-order valence-corrected chi connectivity index (χ3v) is 5.43. The molecule has 6 heteroatoms. The minimum Gasteiger partial charge on any atom is -0.294 e. The molecular weight excluding hydrogens is 478 g/mol. The number of fused-ring (bicyclic) bond motifs is 1. The molecule has 0 aliphatic carbocycles. The lowest BCUT2D eigenvalue weighted by Gasteiger charge is -2.33. The fourth-order valence-electron chi connectivity index (χ4n) is 2.54. The molecule has 0 N–H and O–H groups in total. The lowest BCUT2D eigenvalue weighted by atomic mass is 9.98. The van der Waals surface area contributed by atoms with Gasteiger partial charge in [0.1, 0.15) is 0 Å². The molecule has 2 heterocycles. The Kier molecular flexibility index (Phi) is 4.75. The molecule has 0 radical (unpaired) electrons. The van der Waals surface area contributed by atoms with Gasteiger partial charge in [-0.25, -0.2) is 0 Å². The van der Waals surface area contributed by atoms with E-state index < -0.39 is 0 Å². The van der Waals surface area contributed by atoms with Gasteiger partial charge in [0.05, 0.1) is 15.9 Å². The van der Waals surface area contributed by atoms with Gasteiger partial charge in [0.15, 0.2) is 0 Å². The van der Waals surface area contributed by atoms with E-state index in [9.17, 15) is 4.79 Å². The number of anilines is 1. The average Bonchev–Trinajstić information content (AvgIpc) is 2.47. The molecule has 2 unspecified atom stereocenters. The Morgan fingerprint density at radius 1 is 1.41 bits per heavy atom. The zero-order chi connectivity index (χ0) is 15.9. The Morgan fingerprint density at radius 2 is 2.18 bits per heavy atom. The van der Waals surface area contributed by atoms with Gasteiger partial charge >= 0.3 is 0 Å². The summed E-state index contributed by atoms with van der Waals surface area (Å²) in [6.45, 7) is 2.04. The van der Waals surface area contributed by atoms with Crippen molar-refractivity contribution in [3.8, 4) is 0 Å². The predicted octanol–water partition coefficient (Wildman–Crippen LogP) is 5.15. The number of nitrogens with zero attached hydrogens (tertiary/aromatic N) is 2. The van der Waals surface area contributed by atoms with Crippen molar-refractivity contribution in [3.05, 3.63) is 58.4 Å². The Morgan fingerprint density at radius 3 is 2.91 bits per heavy atom. The molecule has 0 fully saturated rings. The lowest BCUT2D eigenvalue weighted by molar-refractivity contribution is 0.0979. The SMILES string of the molecule is CC(Br)c1cncc(N2C(=O)c3ccc(Cl)cc3CC2I)c1. The maximum Gasteiger partial charge on any atom is 0.259 e. The van der Waals surface area contributed by atoms with Crippen molar-refractivity contribution in [2.45, 2.75) is 22.2 Å². The minimum absolute atomic E-state index is 0.00140. The summed E-state index contributed by atoms with van der Waals surface area (Å²) < 4.78 is 0.0405. The van der Waals surface area contributed by atoms with Gasteiger partial charge in [0.2, 0.25) is 0 Å². The van der Waals surface area contributed by atoms with Crippen LogP contribution in [0, 0.1) is 0 Å². The molecule has 2 atom stereocenters.